The van der Waals surface area contributed by atoms with Crippen molar-refractivity contribution < 1.29 is 23.1 Å². The number of aliphatic carboxylic acids is 1. The second-order valence-corrected chi connectivity index (χ2v) is 12.7. The molecular formula is C27H40Cl2N6O5S. The van der Waals surface area contributed by atoms with Crippen molar-refractivity contribution in [2.75, 3.05) is 39.8 Å². The Bertz CT molecular complexity index is 1350. The number of carboxylic acid groups (broad SMARTS) is 1. The lowest BCUT2D eigenvalue weighted by Gasteiger charge is -2.42. The van der Waals surface area contributed by atoms with E-state index in [9.17, 15) is 23.1 Å². The van der Waals surface area contributed by atoms with E-state index < -0.39 is 33.4 Å². The van der Waals surface area contributed by atoms with E-state index in [1.165, 1.54) is 6.07 Å². The first-order valence-electron chi connectivity index (χ1n) is 13.1. The standard InChI is InChI=1S/C27H38N6O5S.2ClH/c1-18-7-13-33(39(37,38)22-6-5-20-8-11-31(2)12-9-21(20)15-22)27(16-18,25(35)36)24(34)23(28)14-19-4-3-10-32(17-19)26(29)30;;/h4-7,15,23H,3,8-14,16-17,28H2,1-2H3,(H3,29,30)(H,35,36);2*1H/t23?,27-;;/m1../s1. The molecule has 0 fully saturated rings. The van der Waals surface area contributed by atoms with Gasteiger partial charge in [-0.2, -0.15) is 4.31 Å². The minimum Gasteiger partial charge on any atom is -0.479 e. The first-order chi connectivity index (χ1) is 18.4. The highest BCUT2D eigenvalue weighted by atomic mass is 35.5. The van der Waals surface area contributed by atoms with Gasteiger partial charge in [-0.3, -0.25) is 10.2 Å². The molecule has 0 amide bonds. The van der Waals surface area contributed by atoms with E-state index in [-0.39, 0.29) is 55.1 Å². The number of nitrogens with one attached hydrogen (secondary N) is 1. The van der Waals surface area contributed by atoms with Crippen molar-refractivity contribution in [2.24, 2.45) is 11.5 Å². The van der Waals surface area contributed by atoms with Gasteiger partial charge in [-0.15, -0.1) is 24.8 Å². The minimum absolute atomic E-state index is 0. The molecule has 3 aliphatic rings. The van der Waals surface area contributed by atoms with E-state index in [1.807, 2.05) is 13.1 Å². The average molecular weight is 632 g/mol. The number of carboxylic acids is 1. The van der Waals surface area contributed by atoms with Crippen molar-refractivity contribution in [2.45, 2.75) is 55.5 Å². The zero-order valence-corrected chi connectivity index (χ0v) is 25.8. The Labute approximate surface area is 254 Å². The number of nitrogens with zero attached hydrogens (tertiary/aromatic N) is 3. The molecule has 14 heteroatoms. The third-order valence-corrected chi connectivity index (χ3v) is 9.90. The average Bonchev–Trinajstić information content (AvgIpc) is 3.08. The SMILES string of the molecule is CC1=CCN(S(=O)(=O)c2ccc3c(c2)CCN(C)CC3)[C@@](C(=O)O)(C(=O)C(N)CC2=CCCN(C(=N)N)C2)C1.Cl.Cl. The lowest BCUT2D eigenvalue weighted by Crippen LogP contribution is -2.66. The number of hydrogen-bond donors (Lipinski definition) is 4. The number of ketones is 1. The van der Waals surface area contributed by atoms with Crippen LogP contribution in [-0.4, -0.2) is 96.7 Å². The fourth-order valence-electron chi connectivity index (χ4n) is 5.71. The van der Waals surface area contributed by atoms with Crippen LogP contribution in [0.25, 0.3) is 0 Å². The number of likely N-dealkylation sites (N-methyl/N-ethyl adjacent to an activating group) is 1. The second-order valence-electron chi connectivity index (χ2n) is 10.8. The fourth-order valence-corrected chi connectivity index (χ4v) is 7.41. The molecule has 0 aliphatic carbocycles. The summed E-state index contributed by atoms with van der Waals surface area (Å²) in [7, 11) is -2.36. The summed E-state index contributed by atoms with van der Waals surface area (Å²) >= 11 is 0. The van der Waals surface area contributed by atoms with Gasteiger partial charge in [-0.1, -0.05) is 29.4 Å². The van der Waals surface area contributed by atoms with Crippen molar-refractivity contribution in [1.29, 1.82) is 5.41 Å². The number of Topliss-reactive ketones (excluding diaryl/α,β-unsaturated/α-hetero) is 1. The number of hydrogen-bond acceptors (Lipinski definition) is 7. The number of guanidine groups is 1. The number of carbonyl (C=O) groups is 2. The molecule has 3 heterocycles. The molecule has 228 valence electrons. The van der Waals surface area contributed by atoms with Crippen molar-refractivity contribution in [3.8, 4) is 0 Å². The largest absolute Gasteiger partial charge is 0.479 e. The van der Waals surface area contributed by atoms with Crippen LogP contribution in [0.1, 0.15) is 37.3 Å². The zero-order chi connectivity index (χ0) is 28.5. The molecule has 1 unspecified atom stereocenters. The van der Waals surface area contributed by atoms with Gasteiger partial charge < -0.3 is 26.4 Å². The number of nitrogens with two attached hydrogens (primary N) is 2. The summed E-state index contributed by atoms with van der Waals surface area (Å²) in [5.74, 6) is -2.50. The van der Waals surface area contributed by atoms with Crippen LogP contribution in [0.2, 0.25) is 0 Å². The Morgan fingerprint density at radius 2 is 1.78 bits per heavy atom. The molecule has 0 spiro atoms. The Morgan fingerprint density at radius 1 is 1.12 bits per heavy atom. The van der Waals surface area contributed by atoms with Crippen LogP contribution in [0, 0.1) is 5.41 Å². The summed E-state index contributed by atoms with van der Waals surface area (Å²) in [5, 5.41) is 18.2. The number of rotatable bonds is 7. The molecule has 0 radical (unpaired) electrons. The van der Waals surface area contributed by atoms with E-state index in [4.69, 9.17) is 16.9 Å². The maximum absolute atomic E-state index is 14.1. The first kappa shape index (κ1) is 34.7. The molecule has 0 saturated heterocycles. The molecule has 41 heavy (non-hydrogen) atoms. The first-order valence-corrected chi connectivity index (χ1v) is 14.6. The van der Waals surface area contributed by atoms with Gasteiger partial charge in [0.1, 0.15) is 0 Å². The summed E-state index contributed by atoms with van der Waals surface area (Å²) < 4.78 is 28.9. The third-order valence-electron chi connectivity index (χ3n) is 8.00. The number of carbonyl (C=O) groups excluding carboxylic acids is 1. The zero-order valence-electron chi connectivity index (χ0n) is 23.3. The highest BCUT2D eigenvalue weighted by Gasteiger charge is 2.58. The maximum atomic E-state index is 14.1. The van der Waals surface area contributed by atoms with Crippen molar-refractivity contribution in [3.05, 3.63) is 52.6 Å². The van der Waals surface area contributed by atoms with Gasteiger partial charge in [0.25, 0.3) is 0 Å². The summed E-state index contributed by atoms with van der Waals surface area (Å²) in [6.45, 7) is 3.96. The van der Waals surface area contributed by atoms with Crippen LogP contribution in [0.15, 0.2) is 46.4 Å². The molecular weight excluding hydrogens is 591 g/mol. The van der Waals surface area contributed by atoms with Crippen molar-refractivity contribution in [1.82, 2.24) is 14.1 Å². The molecule has 1 aromatic rings. The Balaban J connectivity index is 0.00000294. The fraction of sp³-hybridized carbons (Fsp3) is 0.519. The molecule has 6 N–H and O–H groups in total. The van der Waals surface area contributed by atoms with Crippen LogP contribution < -0.4 is 11.5 Å². The Hall–Kier alpha value is -2.48. The number of fused-ring (bicyclic) bond motifs is 1. The van der Waals surface area contributed by atoms with Crippen LogP contribution in [0.4, 0.5) is 0 Å². The molecule has 3 aliphatic heterocycles. The van der Waals surface area contributed by atoms with Gasteiger partial charge in [0.15, 0.2) is 17.3 Å². The van der Waals surface area contributed by atoms with Gasteiger partial charge >= 0.3 is 5.97 Å². The summed E-state index contributed by atoms with van der Waals surface area (Å²) in [6, 6.07) is 3.66. The quantitative estimate of drug-likeness (QED) is 0.151. The highest BCUT2D eigenvalue weighted by molar-refractivity contribution is 7.89. The maximum Gasteiger partial charge on any atom is 0.333 e. The van der Waals surface area contributed by atoms with Gasteiger partial charge in [0, 0.05) is 39.1 Å². The topological polar surface area (TPSA) is 174 Å². The summed E-state index contributed by atoms with van der Waals surface area (Å²) in [4.78, 5) is 30.7. The molecule has 2 atom stereocenters. The molecule has 0 bridgehead atoms. The lowest BCUT2D eigenvalue weighted by atomic mass is 9.80. The Kier molecular flexibility index (Phi) is 11.6. The highest BCUT2D eigenvalue weighted by Crippen LogP contribution is 2.37. The van der Waals surface area contributed by atoms with Crippen LogP contribution >= 0.6 is 24.8 Å². The van der Waals surface area contributed by atoms with Gasteiger partial charge in [-0.05, 0) is 62.9 Å². The predicted octanol–water partition coefficient (Wildman–Crippen LogP) is 1.54. The molecule has 11 nitrogen and oxygen atoms in total. The van der Waals surface area contributed by atoms with Crippen LogP contribution in [0.5, 0.6) is 0 Å². The van der Waals surface area contributed by atoms with E-state index in [0.29, 0.717) is 31.5 Å². The van der Waals surface area contributed by atoms with Crippen molar-refractivity contribution in [3.63, 3.8) is 0 Å². The van der Waals surface area contributed by atoms with Gasteiger partial charge in [0.05, 0.1) is 10.9 Å². The summed E-state index contributed by atoms with van der Waals surface area (Å²) in [5.41, 5.74) is 12.9. The monoisotopic (exact) mass is 630 g/mol. The van der Waals surface area contributed by atoms with Gasteiger partial charge in [-0.25, -0.2) is 13.2 Å². The van der Waals surface area contributed by atoms with E-state index in [0.717, 1.165) is 40.5 Å². The number of halogens is 2. The third kappa shape index (κ3) is 6.95. The molecule has 0 saturated carbocycles. The minimum atomic E-state index is -4.38. The molecule has 1 aromatic carbocycles. The van der Waals surface area contributed by atoms with Gasteiger partial charge in [0.2, 0.25) is 10.0 Å². The predicted molar refractivity (Wildman–Crippen MR) is 162 cm³/mol. The second kappa shape index (κ2) is 13.7. The Morgan fingerprint density at radius 3 is 2.41 bits per heavy atom. The normalized spacial score (nSPS) is 22.6. The van der Waals surface area contributed by atoms with Crippen molar-refractivity contribution >= 4 is 52.5 Å². The summed E-state index contributed by atoms with van der Waals surface area (Å²) in [6.07, 6.45) is 5.38. The van der Waals surface area contributed by atoms with Crippen LogP contribution in [-0.2, 0) is 32.5 Å². The van der Waals surface area contributed by atoms with Crippen LogP contribution in [0.3, 0.4) is 0 Å². The van der Waals surface area contributed by atoms with E-state index >= 15 is 0 Å². The number of sulfonamides is 1. The number of benzene rings is 1. The molecule has 4 rings (SSSR count). The smallest absolute Gasteiger partial charge is 0.333 e. The van der Waals surface area contributed by atoms with E-state index in [1.54, 1.807) is 30.0 Å². The lowest BCUT2D eigenvalue weighted by molar-refractivity contribution is -0.155. The molecule has 0 aromatic heterocycles. The van der Waals surface area contributed by atoms with E-state index in [2.05, 4.69) is 4.90 Å².